The Balaban J connectivity index is 1.54. The number of carbonyl (C=O) groups excluding carboxylic acids is 2. The van der Waals surface area contributed by atoms with Gasteiger partial charge in [-0.1, -0.05) is 50.2 Å². The average molecular weight is 380 g/mol. The Morgan fingerprint density at radius 1 is 0.964 bits per heavy atom. The number of nitrogens with zero attached hydrogens (tertiary/aromatic N) is 2. The van der Waals surface area contributed by atoms with Crippen molar-refractivity contribution in [1.29, 1.82) is 0 Å². The molecule has 1 fully saturated rings. The van der Waals surface area contributed by atoms with Crippen molar-refractivity contribution in [1.82, 2.24) is 9.80 Å². The van der Waals surface area contributed by atoms with E-state index in [-0.39, 0.29) is 11.8 Å². The highest BCUT2D eigenvalue weighted by molar-refractivity contribution is 5.95. The highest BCUT2D eigenvalue weighted by atomic mass is 16.2. The molecule has 2 aromatic rings. The van der Waals surface area contributed by atoms with Crippen molar-refractivity contribution in [3.63, 3.8) is 0 Å². The molecule has 1 aliphatic rings. The first kappa shape index (κ1) is 20.1. The Labute approximate surface area is 167 Å². The van der Waals surface area contributed by atoms with Crippen LogP contribution in [0.25, 0.3) is 0 Å². The molecule has 2 aromatic carbocycles. The van der Waals surface area contributed by atoms with E-state index in [9.17, 15) is 9.59 Å². The van der Waals surface area contributed by atoms with Gasteiger partial charge in [0.15, 0.2) is 0 Å². The van der Waals surface area contributed by atoms with Crippen LogP contribution in [0.4, 0.5) is 5.69 Å². The predicted molar refractivity (Wildman–Crippen MR) is 113 cm³/mol. The number of hydrogen-bond acceptors (Lipinski definition) is 3. The first-order valence-electron chi connectivity index (χ1n) is 9.91. The maximum absolute atomic E-state index is 12.6. The van der Waals surface area contributed by atoms with Crippen LogP contribution in [0.2, 0.25) is 0 Å². The fraction of sp³-hybridized carbons (Fsp3) is 0.391. The van der Waals surface area contributed by atoms with E-state index < -0.39 is 0 Å². The monoisotopic (exact) mass is 379 g/mol. The maximum Gasteiger partial charge on any atom is 0.253 e. The number of rotatable bonds is 5. The molecule has 0 spiro atoms. The summed E-state index contributed by atoms with van der Waals surface area (Å²) in [6, 6.07) is 15.5. The number of nitrogens with one attached hydrogen (secondary N) is 1. The van der Waals surface area contributed by atoms with Crippen LogP contribution >= 0.6 is 0 Å². The van der Waals surface area contributed by atoms with E-state index in [4.69, 9.17) is 0 Å². The zero-order valence-corrected chi connectivity index (χ0v) is 16.9. The van der Waals surface area contributed by atoms with Gasteiger partial charge >= 0.3 is 0 Å². The summed E-state index contributed by atoms with van der Waals surface area (Å²) in [4.78, 5) is 29.1. The number of carbonyl (C=O) groups is 2. The largest absolute Gasteiger partial charge is 0.336 e. The van der Waals surface area contributed by atoms with Gasteiger partial charge in [0.2, 0.25) is 5.91 Å². The van der Waals surface area contributed by atoms with Crippen LogP contribution in [0.1, 0.15) is 41.3 Å². The highest BCUT2D eigenvalue weighted by Crippen LogP contribution is 2.27. The standard InChI is InChI=1S/C23H29N3O2/c1-17(2)20-11-7-8-18(3)22(20)24-21(27)16-25-12-14-26(15-13-25)23(28)19-9-5-4-6-10-19/h4-11,17H,12-16H2,1-3H3,(H,24,27). The molecule has 0 atom stereocenters. The number of anilines is 1. The summed E-state index contributed by atoms with van der Waals surface area (Å²) >= 11 is 0. The predicted octanol–water partition coefficient (Wildman–Crippen LogP) is 3.51. The van der Waals surface area contributed by atoms with Gasteiger partial charge in [-0.25, -0.2) is 0 Å². The molecule has 0 unspecified atom stereocenters. The lowest BCUT2D eigenvalue weighted by Crippen LogP contribution is -2.50. The van der Waals surface area contributed by atoms with Gasteiger partial charge in [-0.2, -0.15) is 0 Å². The highest BCUT2D eigenvalue weighted by Gasteiger charge is 2.23. The Kier molecular flexibility index (Phi) is 6.47. The summed E-state index contributed by atoms with van der Waals surface area (Å²) in [6.07, 6.45) is 0. The molecular formula is C23H29N3O2. The summed E-state index contributed by atoms with van der Waals surface area (Å²) in [5, 5.41) is 3.11. The molecule has 0 bridgehead atoms. The van der Waals surface area contributed by atoms with Crippen molar-refractivity contribution < 1.29 is 9.59 Å². The molecule has 2 amide bonds. The van der Waals surface area contributed by atoms with E-state index >= 15 is 0 Å². The molecule has 0 aromatic heterocycles. The summed E-state index contributed by atoms with van der Waals surface area (Å²) in [7, 11) is 0. The number of benzene rings is 2. The lowest BCUT2D eigenvalue weighted by Gasteiger charge is -2.34. The normalized spacial score (nSPS) is 14.9. The van der Waals surface area contributed by atoms with Crippen molar-refractivity contribution in [2.75, 3.05) is 38.0 Å². The molecule has 0 radical (unpaired) electrons. The molecule has 1 saturated heterocycles. The second kappa shape index (κ2) is 9.02. The average Bonchev–Trinajstić information content (AvgIpc) is 2.70. The first-order valence-corrected chi connectivity index (χ1v) is 9.91. The van der Waals surface area contributed by atoms with E-state index in [2.05, 4.69) is 30.1 Å². The van der Waals surface area contributed by atoms with Crippen LogP contribution in [0, 0.1) is 6.92 Å². The van der Waals surface area contributed by atoms with Crippen molar-refractivity contribution >= 4 is 17.5 Å². The molecular weight excluding hydrogens is 350 g/mol. The minimum absolute atomic E-state index is 0.000893. The summed E-state index contributed by atoms with van der Waals surface area (Å²) in [6.45, 7) is 9.33. The molecule has 1 heterocycles. The SMILES string of the molecule is Cc1cccc(C(C)C)c1NC(=O)CN1CCN(C(=O)c2ccccc2)CC1. The third-order valence-electron chi connectivity index (χ3n) is 5.24. The number of hydrogen-bond donors (Lipinski definition) is 1. The minimum atomic E-state index is -0.000893. The smallest absolute Gasteiger partial charge is 0.253 e. The van der Waals surface area contributed by atoms with Crippen molar-refractivity contribution in [3.05, 3.63) is 65.2 Å². The molecule has 0 aliphatic carbocycles. The Hall–Kier alpha value is -2.66. The van der Waals surface area contributed by atoms with Crippen molar-refractivity contribution in [2.24, 2.45) is 0 Å². The topological polar surface area (TPSA) is 52.7 Å². The van der Waals surface area contributed by atoms with Crippen LogP contribution in [-0.2, 0) is 4.79 Å². The van der Waals surface area contributed by atoms with Crippen LogP contribution in [0.5, 0.6) is 0 Å². The third kappa shape index (κ3) is 4.78. The third-order valence-corrected chi connectivity index (χ3v) is 5.24. The van der Waals surface area contributed by atoms with Gasteiger partial charge in [-0.3, -0.25) is 14.5 Å². The number of aryl methyl sites for hydroxylation is 1. The Morgan fingerprint density at radius 2 is 1.64 bits per heavy atom. The lowest BCUT2D eigenvalue weighted by molar-refractivity contribution is -0.117. The molecule has 28 heavy (non-hydrogen) atoms. The van der Waals surface area contributed by atoms with E-state index in [1.807, 2.05) is 54.3 Å². The first-order chi connectivity index (χ1) is 13.5. The molecule has 3 rings (SSSR count). The Bertz CT molecular complexity index is 825. The van der Waals surface area contributed by atoms with Crippen LogP contribution in [0.3, 0.4) is 0 Å². The summed E-state index contributed by atoms with van der Waals surface area (Å²) < 4.78 is 0. The van der Waals surface area contributed by atoms with Crippen LogP contribution < -0.4 is 5.32 Å². The van der Waals surface area contributed by atoms with E-state index in [1.54, 1.807) is 0 Å². The minimum Gasteiger partial charge on any atom is -0.336 e. The Morgan fingerprint density at radius 3 is 2.29 bits per heavy atom. The van der Waals surface area contributed by atoms with E-state index in [0.717, 1.165) is 22.4 Å². The van der Waals surface area contributed by atoms with Gasteiger partial charge in [-0.05, 0) is 36.1 Å². The fourth-order valence-electron chi connectivity index (χ4n) is 3.60. The van der Waals surface area contributed by atoms with E-state index in [0.29, 0.717) is 38.6 Å². The molecule has 0 saturated carbocycles. The van der Waals surface area contributed by atoms with Crippen LogP contribution in [-0.4, -0.2) is 54.3 Å². The molecule has 148 valence electrons. The second-order valence-electron chi connectivity index (χ2n) is 7.68. The molecule has 5 heteroatoms. The van der Waals surface area contributed by atoms with Gasteiger partial charge in [0, 0.05) is 37.4 Å². The maximum atomic E-state index is 12.6. The molecule has 1 aliphatic heterocycles. The second-order valence-corrected chi connectivity index (χ2v) is 7.68. The van der Waals surface area contributed by atoms with E-state index in [1.165, 1.54) is 0 Å². The van der Waals surface area contributed by atoms with Crippen molar-refractivity contribution in [3.8, 4) is 0 Å². The lowest BCUT2D eigenvalue weighted by atomic mass is 9.98. The zero-order chi connectivity index (χ0) is 20.1. The zero-order valence-electron chi connectivity index (χ0n) is 16.9. The molecule has 1 N–H and O–H groups in total. The number of amides is 2. The van der Waals surface area contributed by atoms with Gasteiger partial charge in [0.25, 0.3) is 5.91 Å². The van der Waals surface area contributed by atoms with Crippen molar-refractivity contribution in [2.45, 2.75) is 26.7 Å². The van der Waals surface area contributed by atoms with Gasteiger partial charge in [0.1, 0.15) is 0 Å². The summed E-state index contributed by atoms with van der Waals surface area (Å²) in [5.41, 5.74) is 3.89. The van der Waals surface area contributed by atoms with Gasteiger partial charge < -0.3 is 10.2 Å². The van der Waals surface area contributed by atoms with Gasteiger partial charge in [0.05, 0.1) is 6.54 Å². The molecule has 5 nitrogen and oxygen atoms in total. The number of piperazine rings is 1. The fourth-order valence-corrected chi connectivity index (χ4v) is 3.60. The summed E-state index contributed by atoms with van der Waals surface area (Å²) in [5.74, 6) is 0.410. The van der Waals surface area contributed by atoms with Crippen LogP contribution in [0.15, 0.2) is 48.5 Å². The number of para-hydroxylation sites is 1. The van der Waals surface area contributed by atoms with Gasteiger partial charge in [-0.15, -0.1) is 0 Å². The quantitative estimate of drug-likeness (QED) is 0.865.